The van der Waals surface area contributed by atoms with Crippen molar-refractivity contribution >= 4 is 60.8 Å². The third-order valence-electron chi connectivity index (χ3n) is 10.9. The van der Waals surface area contributed by atoms with Gasteiger partial charge in [0, 0.05) is 49.9 Å². The fourth-order valence-corrected chi connectivity index (χ4v) is 8.42. The second-order valence-corrected chi connectivity index (χ2v) is 14.4. The highest BCUT2D eigenvalue weighted by molar-refractivity contribution is 6.12. The summed E-state index contributed by atoms with van der Waals surface area (Å²) in [4.78, 5) is 2.39. The van der Waals surface area contributed by atoms with E-state index >= 15 is 0 Å². The SMILES string of the molecule is Cc1ccc(N(c2cc(C)c(-c3ccccc3)c(C)c2)c2cc(-c3ccc(-n4c5ccccc5c5ccccc54)cc3)c3oc4ccccc4c3c2)cc1. The van der Waals surface area contributed by atoms with E-state index in [1.807, 2.05) is 6.07 Å². The maximum absolute atomic E-state index is 6.70. The fourth-order valence-electron chi connectivity index (χ4n) is 8.42. The summed E-state index contributed by atoms with van der Waals surface area (Å²) in [6, 6.07) is 63.4. The third-order valence-corrected chi connectivity index (χ3v) is 10.9. The number of rotatable bonds is 6. The molecule has 0 unspecified atom stereocenters. The van der Waals surface area contributed by atoms with Gasteiger partial charge >= 0.3 is 0 Å². The molecule has 3 nitrogen and oxygen atoms in total. The third kappa shape index (κ3) is 5.20. The molecule has 0 aliphatic heterocycles. The molecule has 0 saturated heterocycles. The summed E-state index contributed by atoms with van der Waals surface area (Å²) in [5.41, 5.74) is 17.0. The summed E-state index contributed by atoms with van der Waals surface area (Å²) < 4.78 is 9.06. The lowest BCUT2D eigenvalue weighted by molar-refractivity contribution is 0.670. The Hall–Kier alpha value is -6.84. The van der Waals surface area contributed by atoms with Crippen LogP contribution in [0.1, 0.15) is 16.7 Å². The van der Waals surface area contributed by atoms with Crippen LogP contribution in [0.25, 0.3) is 71.7 Å². The minimum atomic E-state index is 0.883. The van der Waals surface area contributed by atoms with E-state index in [1.165, 1.54) is 49.6 Å². The van der Waals surface area contributed by atoms with E-state index in [2.05, 4.69) is 200 Å². The van der Waals surface area contributed by atoms with Crippen LogP contribution in [0.3, 0.4) is 0 Å². The number of aryl methyl sites for hydroxylation is 3. The lowest BCUT2D eigenvalue weighted by atomic mass is 9.94. The Morgan fingerprint density at radius 3 is 1.69 bits per heavy atom. The molecule has 0 N–H and O–H groups in total. The van der Waals surface area contributed by atoms with Gasteiger partial charge in [0.15, 0.2) is 0 Å². The first-order chi connectivity index (χ1) is 26.5. The molecule has 0 radical (unpaired) electrons. The average molecular weight is 695 g/mol. The lowest BCUT2D eigenvalue weighted by Gasteiger charge is -2.28. The van der Waals surface area contributed by atoms with Crippen LogP contribution in [0.4, 0.5) is 17.1 Å². The van der Waals surface area contributed by atoms with E-state index in [1.54, 1.807) is 0 Å². The van der Waals surface area contributed by atoms with Crippen LogP contribution < -0.4 is 4.90 Å². The zero-order valence-corrected chi connectivity index (χ0v) is 30.5. The first kappa shape index (κ1) is 31.9. The first-order valence-electron chi connectivity index (χ1n) is 18.6. The van der Waals surface area contributed by atoms with E-state index in [0.717, 1.165) is 55.8 Å². The van der Waals surface area contributed by atoms with Gasteiger partial charge in [-0.15, -0.1) is 0 Å². The van der Waals surface area contributed by atoms with Crippen molar-refractivity contribution in [2.75, 3.05) is 4.90 Å². The van der Waals surface area contributed by atoms with E-state index in [4.69, 9.17) is 4.42 Å². The van der Waals surface area contributed by atoms with Crippen LogP contribution >= 0.6 is 0 Å². The molecular formula is C51H38N2O. The molecule has 10 rings (SSSR count). The number of benzene rings is 8. The fraction of sp³-hybridized carbons (Fsp3) is 0.0588. The summed E-state index contributed by atoms with van der Waals surface area (Å²) in [6.07, 6.45) is 0. The van der Waals surface area contributed by atoms with E-state index < -0.39 is 0 Å². The standard InChI is InChI=1S/C51H38N2O/c1-33-21-25-38(26-22-33)52(40-29-34(2)50(35(3)30-40)37-13-5-4-6-14-37)41-31-45(51-46(32-41)44-17-9-12-20-49(44)54-51)36-23-27-39(28-24-36)53-47-18-10-7-15-42(47)43-16-8-11-19-48(43)53/h4-32H,1-3H3. The van der Waals surface area contributed by atoms with Crippen molar-refractivity contribution in [3.63, 3.8) is 0 Å². The summed E-state index contributed by atoms with van der Waals surface area (Å²) >= 11 is 0. The Kier molecular flexibility index (Phi) is 7.48. The Morgan fingerprint density at radius 1 is 0.444 bits per heavy atom. The Bertz CT molecular complexity index is 2930. The Morgan fingerprint density at radius 2 is 1.02 bits per heavy atom. The number of anilines is 3. The number of hydrogen-bond donors (Lipinski definition) is 0. The normalized spacial score (nSPS) is 11.6. The molecule has 0 aliphatic carbocycles. The predicted molar refractivity (Wildman–Crippen MR) is 228 cm³/mol. The molecule has 2 heterocycles. The van der Waals surface area contributed by atoms with Gasteiger partial charge in [-0.25, -0.2) is 0 Å². The highest BCUT2D eigenvalue weighted by Gasteiger charge is 2.21. The molecule has 0 spiro atoms. The van der Waals surface area contributed by atoms with Crippen molar-refractivity contribution in [3.05, 3.63) is 193 Å². The number of nitrogens with zero attached hydrogens (tertiary/aromatic N) is 2. The second kappa shape index (κ2) is 12.7. The molecule has 0 atom stereocenters. The van der Waals surface area contributed by atoms with Gasteiger partial charge in [0.2, 0.25) is 0 Å². The summed E-state index contributed by atoms with van der Waals surface area (Å²) in [5.74, 6) is 0. The van der Waals surface area contributed by atoms with Crippen LogP contribution in [-0.4, -0.2) is 4.57 Å². The molecule has 3 heteroatoms. The zero-order valence-electron chi connectivity index (χ0n) is 30.5. The summed E-state index contributed by atoms with van der Waals surface area (Å²) in [7, 11) is 0. The molecule has 10 aromatic rings. The predicted octanol–water partition coefficient (Wildman–Crippen LogP) is 14.4. The second-order valence-electron chi connectivity index (χ2n) is 14.4. The number of fused-ring (bicyclic) bond motifs is 6. The molecule has 0 fully saturated rings. The van der Waals surface area contributed by atoms with Gasteiger partial charge in [-0.2, -0.15) is 0 Å². The van der Waals surface area contributed by atoms with E-state index in [-0.39, 0.29) is 0 Å². The van der Waals surface area contributed by atoms with Gasteiger partial charge < -0.3 is 13.9 Å². The van der Waals surface area contributed by atoms with E-state index in [9.17, 15) is 0 Å². The molecule has 0 aliphatic rings. The molecule has 0 amide bonds. The largest absolute Gasteiger partial charge is 0.455 e. The summed E-state index contributed by atoms with van der Waals surface area (Å²) in [5, 5.41) is 4.71. The molecular weight excluding hydrogens is 657 g/mol. The number of aromatic nitrogens is 1. The van der Waals surface area contributed by atoms with Crippen molar-refractivity contribution in [2.24, 2.45) is 0 Å². The number of furan rings is 1. The van der Waals surface area contributed by atoms with E-state index in [0.29, 0.717) is 0 Å². The smallest absolute Gasteiger partial charge is 0.143 e. The minimum absolute atomic E-state index is 0.883. The van der Waals surface area contributed by atoms with Crippen LogP contribution in [0, 0.1) is 20.8 Å². The van der Waals surface area contributed by atoms with Gasteiger partial charge in [-0.05, 0) is 115 Å². The average Bonchev–Trinajstić information content (AvgIpc) is 3.75. The topological polar surface area (TPSA) is 21.3 Å². The Labute approximate surface area is 315 Å². The highest BCUT2D eigenvalue weighted by atomic mass is 16.3. The van der Waals surface area contributed by atoms with Crippen molar-refractivity contribution in [2.45, 2.75) is 20.8 Å². The Balaban J connectivity index is 1.18. The highest BCUT2D eigenvalue weighted by Crippen LogP contribution is 2.45. The van der Waals surface area contributed by atoms with Gasteiger partial charge in [-0.1, -0.05) is 115 Å². The quantitative estimate of drug-likeness (QED) is 0.173. The van der Waals surface area contributed by atoms with Gasteiger partial charge in [0.1, 0.15) is 11.2 Å². The first-order valence-corrected chi connectivity index (χ1v) is 18.6. The van der Waals surface area contributed by atoms with Crippen molar-refractivity contribution in [3.8, 4) is 27.9 Å². The molecule has 8 aromatic carbocycles. The zero-order chi connectivity index (χ0) is 36.3. The van der Waals surface area contributed by atoms with Crippen LogP contribution in [0.15, 0.2) is 180 Å². The molecule has 0 saturated carbocycles. The maximum atomic E-state index is 6.70. The molecule has 2 aromatic heterocycles. The lowest BCUT2D eigenvalue weighted by Crippen LogP contribution is -2.11. The maximum Gasteiger partial charge on any atom is 0.143 e. The number of hydrogen-bond acceptors (Lipinski definition) is 2. The molecule has 0 bridgehead atoms. The van der Waals surface area contributed by atoms with Gasteiger partial charge in [-0.3, -0.25) is 0 Å². The van der Waals surface area contributed by atoms with Crippen molar-refractivity contribution < 1.29 is 4.42 Å². The van der Waals surface area contributed by atoms with Crippen LogP contribution in [0.2, 0.25) is 0 Å². The minimum Gasteiger partial charge on any atom is -0.455 e. The van der Waals surface area contributed by atoms with Crippen LogP contribution in [0.5, 0.6) is 0 Å². The van der Waals surface area contributed by atoms with Crippen molar-refractivity contribution in [1.29, 1.82) is 0 Å². The van der Waals surface area contributed by atoms with Crippen molar-refractivity contribution in [1.82, 2.24) is 4.57 Å². The van der Waals surface area contributed by atoms with Crippen LogP contribution in [-0.2, 0) is 0 Å². The molecule has 258 valence electrons. The summed E-state index contributed by atoms with van der Waals surface area (Å²) in [6.45, 7) is 6.59. The van der Waals surface area contributed by atoms with Gasteiger partial charge in [0.25, 0.3) is 0 Å². The molecule has 54 heavy (non-hydrogen) atoms. The van der Waals surface area contributed by atoms with Gasteiger partial charge in [0.05, 0.1) is 11.0 Å². The number of para-hydroxylation sites is 3. The monoisotopic (exact) mass is 694 g/mol.